The predicted octanol–water partition coefficient (Wildman–Crippen LogP) is 11.3. The molecule has 7 aromatic carbocycles. The SMILES string of the molecule is c1ccc(-c2c3c(c(-c4ccccc4)c4ccccc24)-c2c-3cccc2N(c2ccccc2)c2ccccc2)cc1. The van der Waals surface area contributed by atoms with Gasteiger partial charge in [0, 0.05) is 22.5 Å². The second kappa shape index (κ2) is 9.66. The van der Waals surface area contributed by atoms with Crippen molar-refractivity contribution in [2.45, 2.75) is 0 Å². The summed E-state index contributed by atoms with van der Waals surface area (Å²) in [4.78, 5) is 2.40. The number of hydrogen-bond donors (Lipinski definition) is 0. The maximum atomic E-state index is 2.40. The van der Waals surface area contributed by atoms with E-state index in [1.165, 1.54) is 61.0 Å². The van der Waals surface area contributed by atoms with Crippen molar-refractivity contribution in [3.8, 4) is 44.5 Å². The van der Waals surface area contributed by atoms with Crippen LogP contribution in [0.3, 0.4) is 0 Å². The first-order chi connectivity index (χ1) is 20.4. The number of para-hydroxylation sites is 2. The number of nitrogens with zero attached hydrogens (tertiary/aromatic N) is 1. The molecule has 0 fully saturated rings. The Balaban J connectivity index is 1.49. The molecule has 192 valence electrons. The predicted molar refractivity (Wildman–Crippen MR) is 174 cm³/mol. The number of hydrogen-bond acceptors (Lipinski definition) is 1. The lowest BCUT2D eigenvalue weighted by molar-refractivity contribution is 1.28. The van der Waals surface area contributed by atoms with Gasteiger partial charge < -0.3 is 4.90 Å². The minimum absolute atomic E-state index is 1.14. The molecule has 8 rings (SSSR count). The van der Waals surface area contributed by atoms with Crippen LogP contribution in [0.25, 0.3) is 55.3 Å². The van der Waals surface area contributed by atoms with Crippen molar-refractivity contribution in [3.05, 3.63) is 164 Å². The molecule has 0 spiro atoms. The first-order valence-corrected chi connectivity index (χ1v) is 14.1. The quantitative estimate of drug-likeness (QED) is 0.218. The van der Waals surface area contributed by atoms with E-state index in [0.717, 1.165) is 11.4 Å². The molecule has 0 unspecified atom stereocenters. The summed E-state index contributed by atoms with van der Waals surface area (Å²) in [5.74, 6) is 0. The highest BCUT2D eigenvalue weighted by molar-refractivity contribution is 6.26. The van der Waals surface area contributed by atoms with Crippen LogP contribution in [0, 0.1) is 0 Å². The van der Waals surface area contributed by atoms with Crippen LogP contribution < -0.4 is 4.90 Å². The minimum atomic E-state index is 1.14. The monoisotopic (exact) mass is 521 g/mol. The van der Waals surface area contributed by atoms with E-state index in [1.807, 2.05) is 0 Å². The molecular weight excluding hydrogens is 494 g/mol. The molecule has 0 saturated heterocycles. The molecule has 41 heavy (non-hydrogen) atoms. The fourth-order valence-electron chi connectivity index (χ4n) is 6.48. The molecule has 1 aliphatic carbocycles. The summed E-state index contributed by atoms with van der Waals surface area (Å²) in [5.41, 5.74) is 13.9. The first kappa shape index (κ1) is 23.5. The number of anilines is 3. The van der Waals surface area contributed by atoms with Crippen LogP contribution in [-0.2, 0) is 0 Å². The van der Waals surface area contributed by atoms with Crippen molar-refractivity contribution in [2.75, 3.05) is 4.90 Å². The lowest BCUT2D eigenvalue weighted by Gasteiger charge is -2.37. The molecule has 1 nitrogen and oxygen atoms in total. The molecule has 7 aromatic rings. The van der Waals surface area contributed by atoms with Crippen molar-refractivity contribution in [1.82, 2.24) is 0 Å². The Bertz CT molecular complexity index is 1970. The van der Waals surface area contributed by atoms with Crippen molar-refractivity contribution in [3.63, 3.8) is 0 Å². The maximum Gasteiger partial charge on any atom is 0.0546 e. The van der Waals surface area contributed by atoms with Gasteiger partial charge in [0.15, 0.2) is 0 Å². The van der Waals surface area contributed by atoms with Gasteiger partial charge in [0.2, 0.25) is 0 Å². The van der Waals surface area contributed by atoms with E-state index >= 15 is 0 Å². The van der Waals surface area contributed by atoms with Crippen molar-refractivity contribution in [2.24, 2.45) is 0 Å². The Hall–Kier alpha value is -5.40. The van der Waals surface area contributed by atoms with E-state index in [4.69, 9.17) is 0 Å². The van der Waals surface area contributed by atoms with Gasteiger partial charge in [0.25, 0.3) is 0 Å². The van der Waals surface area contributed by atoms with Crippen LogP contribution in [-0.4, -0.2) is 0 Å². The normalized spacial score (nSPS) is 11.4. The molecule has 0 bridgehead atoms. The van der Waals surface area contributed by atoms with Crippen LogP contribution in [0.15, 0.2) is 164 Å². The van der Waals surface area contributed by atoms with Gasteiger partial charge in [-0.25, -0.2) is 0 Å². The van der Waals surface area contributed by atoms with E-state index in [2.05, 4.69) is 169 Å². The number of benzene rings is 7. The van der Waals surface area contributed by atoms with E-state index in [9.17, 15) is 0 Å². The van der Waals surface area contributed by atoms with Crippen LogP contribution in [0.5, 0.6) is 0 Å². The Morgan fingerprint density at radius 3 is 1.24 bits per heavy atom. The second-order valence-corrected chi connectivity index (χ2v) is 10.5. The van der Waals surface area contributed by atoms with Gasteiger partial charge in [0.05, 0.1) is 5.69 Å². The highest BCUT2D eigenvalue weighted by Crippen LogP contribution is 2.62. The van der Waals surface area contributed by atoms with Gasteiger partial charge in [-0.3, -0.25) is 0 Å². The van der Waals surface area contributed by atoms with Gasteiger partial charge in [-0.1, -0.05) is 133 Å². The molecule has 0 atom stereocenters. The molecule has 1 aliphatic rings. The van der Waals surface area contributed by atoms with Crippen LogP contribution in [0.1, 0.15) is 0 Å². The van der Waals surface area contributed by atoms with Gasteiger partial charge in [-0.15, -0.1) is 0 Å². The molecule has 0 N–H and O–H groups in total. The van der Waals surface area contributed by atoms with Gasteiger partial charge >= 0.3 is 0 Å². The van der Waals surface area contributed by atoms with Crippen LogP contribution in [0.2, 0.25) is 0 Å². The van der Waals surface area contributed by atoms with Crippen molar-refractivity contribution >= 4 is 27.8 Å². The summed E-state index contributed by atoms with van der Waals surface area (Å²) in [6.07, 6.45) is 0. The molecule has 0 radical (unpaired) electrons. The zero-order valence-corrected chi connectivity index (χ0v) is 22.5. The largest absolute Gasteiger partial charge is 0.310 e. The fraction of sp³-hybridized carbons (Fsp3) is 0. The molecule has 0 amide bonds. The molecule has 1 heteroatoms. The standard InChI is InChI=1S/C40H27N/c1-5-16-28(17-6-1)36-32-24-13-14-25-33(32)37(29-18-7-2-8-19-29)40-38-34(39(36)40)26-15-27-35(38)41(30-20-9-3-10-21-30)31-22-11-4-12-23-31/h1-27H. The second-order valence-electron chi connectivity index (χ2n) is 10.5. The van der Waals surface area contributed by atoms with Crippen LogP contribution in [0.4, 0.5) is 17.1 Å². The highest BCUT2D eigenvalue weighted by atomic mass is 15.1. The summed E-state index contributed by atoms with van der Waals surface area (Å²) in [5, 5.41) is 2.57. The molecule has 0 aromatic heterocycles. The third-order valence-electron chi connectivity index (χ3n) is 8.17. The van der Waals surface area contributed by atoms with Crippen LogP contribution >= 0.6 is 0 Å². The van der Waals surface area contributed by atoms with E-state index < -0.39 is 0 Å². The van der Waals surface area contributed by atoms with Crippen molar-refractivity contribution < 1.29 is 0 Å². The summed E-state index contributed by atoms with van der Waals surface area (Å²) < 4.78 is 0. The Morgan fingerprint density at radius 2 is 0.732 bits per heavy atom. The summed E-state index contributed by atoms with van der Waals surface area (Å²) in [7, 11) is 0. The number of fused-ring (bicyclic) bond motifs is 5. The third kappa shape index (κ3) is 3.71. The summed E-state index contributed by atoms with van der Waals surface area (Å²) >= 11 is 0. The molecule has 0 saturated carbocycles. The third-order valence-corrected chi connectivity index (χ3v) is 8.17. The summed E-state index contributed by atoms with van der Waals surface area (Å²) in [6.45, 7) is 0. The zero-order chi connectivity index (χ0) is 27.2. The topological polar surface area (TPSA) is 3.24 Å². The Kier molecular flexibility index (Phi) is 5.53. The summed E-state index contributed by atoms with van der Waals surface area (Å²) in [6, 6.07) is 58.8. The van der Waals surface area contributed by atoms with E-state index in [-0.39, 0.29) is 0 Å². The smallest absolute Gasteiger partial charge is 0.0546 e. The lowest BCUT2D eigenvalue weighted by atomic mass is 9.70. The molecule has 0 aliphatic heterocycles. The maximum absolute atomic E-state index is 2.40. The van der Waals surface area contributed by atoms with E-state index in [0.29, 0.717) is 0 Å². The first-order valence-electron chi connectivity index (χ1n) is 14.1. The Morgan fingerprint density at radius 1 is 0.293 bits per heavy atom. The lowest BCUT2D eigenvalue weighted by Crippen LogP contribution is -2.15. The van der Waals surface area contributed by atoms with Crippen molar-refractivity contribution in [1.29, 1.82) is 0 Å². The molecular formula is C40H27N. The zero-order valence-electron chi connectivity index (χ0n) is 22.5. The van der Waals surface area contributed by atoms with Gasteiger partial charge in [-0.2, -0.15) is 0 Å². The van der Waals surface area contributed by atoms with Gasteiger partial charge in [0.1, 0.15) is 0 Å². The Labute approximate surface area is 240 Å². The fourth-order valence-corrected chi connectivity index (χ4v) is 6.48. The average molecular weight is 522 g/mol. The van der Waals surface area contributed by atoms with E-state index in [1.54, 1.807) is 0 Å². The number of rotatable bonds is 5. The minimum Gasteiger partial charge on any atom is -0.310 e. The molecule has 0 heterocycles. The van der Waals surface area contributed by atoms with Gasteiger partial charge in [-0.05, 0) is 74.5 Å². The average Bonchev–Trinajstić information content (AvgIpc) is 3.05. The highest BCUT2D eigenvalue weighted by Gasteiger charge is 2.35.